The highest BCUT2D eigenvalue weighted by molar-refractivity contribution is 7.45. The summed E-state index contributed by atoms with van der Waals surface area (Å²) in [5.41, 5.74) is 11.3. The van der Waals surface area contributed by atoms with Crippen LogP contribution in [0.2, 0.25) is 0 Å². The van der Waals surface area contributed by atoms with E-state index in [1.165, 1.54) is 9.80 Å². The van der Waals surface area contributed by atoms with Gasteiger partial charge in [-0.25, -0.2) is 30.9 Å². The standard InChI is InChI=1S/2C16H15F6N5O.H3O4P.H2O/c2*17-10-6-12(19)11(18)4-8(10)3-9(23)5-14(28)26-1-2-27-13(7-26)24-25-15(27)16(20,21)22;1-5(2,3)4;/h2*4,6,9H,1-3,5,7,23H2;(H3,1,2,3,4);1H2/t2*9-;;/m11../s1. The molecule has 17 nitrogen and oxygen atoms in total. The van der Waals surface area contributed by atoms with Crippen molar-refractivity contribution in [2.24, 2.45) is 11.5 Å². The number of benzene rings is 2. The Morgan fingerprint density at radius 3 is 1.21 bits per heavy atom. The summed E-state index contributed by atoms with van der Waals surface area (Å²) in [7, 11) is -4.64. The van der Waals surface area contributed by atoms with E-state index >= 15 is 0 Å². The Kier molecular flexibility index (Phi) is 16.8. The van der Waals surface area contributed by atoms with Gasteiger partial charge in [0, 0.05) is 63.2 Å². The van der Waals surface area contributed by atoms with Crippen LogP contribution < -0.4 is 11.5 Å². The van der Waals surface area contributed by atoms with Crippen molar-refractivity contribution in [2.75, 3.05) is 13.1 Å². The number of carbonyl (C=O) groups excluding carboxylic acids is 2. The lowest BCUT2D eigenvalue weighted by Gasteiger charge is -2.29. The highest BCUT2D eigenvalue weighted by Gasteiger charge is 2.41. The molecule has 62 heavy (non-hydrogen) atoms. The van der Waals surface area contributed by atoms with Crippen LogP contribution in [0, 0.1) is 34.9 Å². The van der Waals surface area contributed by atoms with Gasteiger partial charge in [0.2, 0.25) is 23.5 Å². The lowest BCUT2D eigenvalue weighted by molar-refractivity contribution is -0.149. The van der Waals surface area contributed by atoms with Crippen molar-refractivity contribution in [3.63, 3.8) is 0 Å². The van der Waals surface area contributed by atoms with Gasteiger partial charge in [0.05, 0.1) is 13.1 Å². The summed E-state index contributed by atoms with van der Waals surface area (Å²) >= 11 is 0. The molecular weight excluding hydrogens is 895 g/mol. The molecule has 0 unspecified atom stereocenters. The van der Waals surface area contributed by atoms with Crippen LogP contribution in [0.5, 0.6) is 0 Å². The second-order valence-electron chi connectivity index (χ2n) is 13.4. The maximum atomic E-state index is 13.7. The quantitative estimate of drug-likeness (QED) is 0.0969. The highest BCUT2D eigenvalue weighted by atomic mass is 31.2. The number of aromatic nitrogens is 6. The summed E-state index contributed by atoms with van der Waals surface area (Å²) in [4.78, 5) is 48.8. The zero-order valence-electron chi connectivity index (χ0n) is 31.3. The molecular formula is C32H35F12N10O7P. The third-order valence-electron chi connectivity index (χ3n) is 8.74. The lowest BCUT2D eigenvalue weighted by atomic mass is 10.0. The maximum Gasteiger partial charge on any atom is 0.466 e. The minimum Gasteiger partial charge on any atom is -0.412 e. The molecule has 6 rings (SSSR count). The van der Waals surface area contributed by atoms with Crippen LogP contribution in [-0.2, 0) is 65.5 Å². The molecule has 0 spiro atoms. The Morgan fingerprint density at radius 1 is 0.597 bits per heavy atom. The molecule has 2 atom stereocenters. The molecule has 2 aliphatic heterocycles. The third-order valence-corrected chi connectivity index (χ3v) is 8.74. The van der Waals surface area contributed by atoms with Gasteiger partial charge in [-0.15, -0.1) is 20.4 Å². The fourth-order valence-electron chi connectivity index (χ4n) is 6.02. The van der Waals surface area contributed by atoms with Gasteiger partial charge in [-0.05, 0) is 36.1 Å². The van der Waals surface area contributed by atoms with Crippen LogP contribution in [-0.4, -0.2) is 96.5 Å². The van der Waals surface area contributed by atoms with Crippen LogP contribution >= 0.6 is 7.82 Å². The van der Waals surface area contributed by atoms with Gasteiger partial charge in [0.25, 0.3) is 0 Å². The number of hydrogen-bond donors (Lipinski definition) is 5. The minimum atomic E-state index is -4.64. The second-order valence-corrected chi connectivity index (χ2v) is 14.4. The smallest absolute Gasteiger partial charge is 0.412 e. The summed E-state index contributed by atoms with van der Waals surface area (Å²) in [6.45, 7) is -0.604. The SMILES string of the molecule is N[C@@H](CC(=O)N1CCn2c(nnc2C(F)(F)F)C1)Cc1cc(F)c(F)cc1F.N[C@@H](CC(=O)N1CCn2c(nnc2C(F)(F)F)C1)Cc1cc(F)c(F)cc1F.O.O=P(O)(O)O. The topological polar surface area (TPSA) is 263 Å². The van der Waals surface area contributed by atoms with Crippen molar-refractivity contribution in [1.29, 1.82) is 0 Å². The van der Waals surface area contributed by atoms with Crippen molar-refractivity contribution in [3.8, 4) is 0 Å². The van der Waals surface area contributed by atoms with Gasteiger partial charge in [-0.2, -0.15) is 26.3 Å². The fraction of sp³-hybridized carbons (Fsp3) is 0.438. The predicted molar refractivity (Wildman–Crippen MR) is 184 cm³/mol. The summed E-state index contributed by atoms with van der Waals surface area (Å²) in [5, 5.41) is 13.2. The van der Waals surface area contributed by atoms with Crippen molar-refractivity contribution >= 4 is 19.6 Å². The molecule has 0 bridgehead atoms. The molecule has 0 radical (unpaired) electrons. The van der Waals surface area contributed by atoms with Crippen LogP contribution in [0.4, 0.5) is 52.7 Å². The Balaban J connectivity index is 0.000000294. The third kappa shape index (κ3) is 13.9. The number of rotatable bonds is 8. The fourth-order valence-corrected chi connectivity index (χ4v) is 6.02. The predicted octanol–water partition coefficient (Wildman–Crippen LogP) is 2.28. The van der Waals surface area contributed by atoms with E-state index in [-0.39, 0.29) is 93.2 Å². The van der Waals surface area contributed by atoms with E-state index < -0.39 is 90.6 Å². The molecule has 2 amide bonds. The van der Waals surface area contributed by atoms with Crippen molar-refractivity contribution in [2.45, 2.75) is 76.3 Å². The number of phosphoric acid groups is 1. The number of fused-ring (bicyclic) bond motifs is 2. The molecule has 2 aromatic carbocycles. The van der Waals surface area contributed by atoms with E-state index in [1.54, 1.807) is 0 Å². The first-order valence-corrected chi connectivity index (χ1v) is 18.8. The number of alkyl halides is 6. The second kappa shape index (κ2) is 20.3. The summed E-state index contributed by atoms with van der Waals surface area (Å²) in [6, 6.07) is 0.368. The average Bonchev–Trinajstić information content (AvgIpc) is 3.77. The van der Waals surface area contributed by atoms with Gasteiger partial charge < -0.3 is 50.6 Å². The minimum absolute atomic E-state index is 0. The van der Waals surface area contributed by atoms with Crippen LogP contribution in [0.3, 0.4) is 0 Å². The van der Waals surface area contributed by atoms with Crippen molar-refractivity contribution in [3.05, 3.63) is 93.6 Å². The maximum absolute atomic E-state index is 13.7. The van der Waals surface area contributed by atoms with Crippen molar-refractivity contribution < 1.29 is 87.0 Å². The van der Waals surface area contributed by atoms with E-state index in [4.69, 9.17) is 30.7 Å². The number of nitrogens with zero attached hydrogens (tertiary/aromatic N) is 8. The Morgan fingerprint density at radius 2 is 0.903 bits per heavy atom. The van der Waals surface area contributed by atoms with Gasteiger partial charge in [-0.1, -0.05) is 0 Å². The first-order valence-electron chi connectivity index (χ1n) is 17.2. The average molecular weight is 931 g/mol. The first-order chi connectivity index (χ1) is 28.1. The zero-order valence-corrected chi connectivity index (χ0v) is 32.2. The Bertz CT molecular complexity index is 2120. The number of nitrogens with two attached hydrogens (primary N) is 2. The van der Waals surface area contributed by atoms with E-state index in [1.807, 2.05) is 0 Å². The van der Waals surface area contributed by atoms with E-state index in [0.717, 1.165) is 9.13 Å². The van der Waals surface area contributed by atoms with Crippen LogP contribution in [0.15, 0.2) is 24.3 Å². The van der Waals surface area contributed by atoms with Crippen LogP contribution in [0.1, 0.15) is 47.3 Å². The van der Waals surface area contributed by atoms with Gasteiger partial charge in [-0.3, -0.25) is 9.59 Å². The highest BCUT2D eigenvalue weighted by Crippen LogP contribution is 2.31. The molecule has 0 saturated carbocycles. The van der Waals surface area contributed by atoms with Crippen molar-refractivity contribution in [1.82, 2.24) is 39.3 Å². The summed E-state index contributed by atoms with van der Waals surface area (Å²) < 4.78 is 167. The lowest BCUT2D eigenvalue weighted by Crippen LogP contribution is -2.42. The molecule has 0 aliphatic carbocycles. The number of carbonyl (C=O) groups is 2. The molecule has 9 N–H and O–H groups in total. The number of halogens is 12. The Hall–Kier alpha value is -5.19. The van der Waals surface area contributed by atoms with E-state index in [0.29, 0.717) is 24.3 Å². The van der Waals surface area contributed by atoms with Gasteiger partial charge in [0.1, 0.15) is 11.6 Å². The Labute approximate surface area is 340 Å². The molecule has 30 heteroatoms. The molecule has 344 valence electrons. The molecule has 0 saturated heterocycles. The van der Waals surface area contributed by atoms with E-state index in [2.05, 4.69) is 20.4 Å². The van der Waals surface area contributed by atoms with Crippen LogP contribution in [0.25, 0.3) is 0 Å². The summed E-state index contributed by atoms with van der Waals surface area (Å²) in [5.74, 6) is -10.3. The molecule has 0 fully saturated rings. The zero-order chi connectivity index (χ0) is 45.8. The normalized spacial score (nSPS) is 14.9. The monoisotopic (exact) mass is 930 g/mol. The molecule has 4 heterocycles. The molecule has 2 aliphatic rings. The first kappa shape index (κ1) is 51.2. The molecule has 4 aromatic rings. The van der Waals surface area contributed by atoms with Gasteiger partial charge in [0.15, 0.2) is 34.9 Å². The van der Waals surface area contributed by atoms with Gasteiger partial charge >= 0.3 is 20.2 Å². The van der Waals surface area contributed by atoms with E-state index in [9.17, 15) is 62.3 Å². The molecule has 2 aromatic heterocycles. The summed E-state index contributed by atoms with van der Waals surface area (Å²) in [6.07, 6.45) is -10.2. The number of hydrogen-bond acceptors (Lipinski definition) is 9. The number of amides is 2. The largest absolute Gasteiger partial charge is 0.466 e.